The second-order valence-corrected chi connectivity index (χ2v) is 5.45. The van der Waals surface area contributed by atoms with Gasteiger partial charge in [0.25, 0.3) is 0 Å². The maximum atomic E-state index is 6.00. The number of fused-ring (bicyclic) bond motifs is 3. The van der Waals surface area contributed by atoms with Crippen molar-refractivity contribution in [1.82, 2.24) is 5.32 Å². The van der Waals surface area contributed by atoms with Crippen LogP contribution in [0.2, 0.25) is 0 Å². The molecule has 2 heterocycles. The lowest BCUT2D eigenvalue weighted by molar-refractivity contribution is -0.0520. The highest BCUT2D eigenvalue weighted by Gasteiger charge is 2.44. The minimum atomic E-state index is -0.00616. The molecule has 0 aliphatic carbocycles. The summed E-state index contributed by atoms with van der Waals surface area (Å²) in [5.41, 5.74) is 2.76. The van der Waals surface area contributed by atoms with Crippen LogP contribution in [0.1, 0.15) is 24.0 Å². The Balaban J connectivity index is 2.13. The summed E-state index contributed by atoms with van der Waals surface area (Å²) in [6.07, 6.45) is 0. The summed E-state index contributed by atoms with van der Waals surface area (Å²) < 4.78 is 7.18. The lowest BCUT2D eigenvalue weighted by atomic mass is 9.82. The number of benzene rings is 1. The zero-order valence-electron chi connectivity index (χ0n) is 8.72. The molecule has 1 fully saturated rings. The largest absolute Gasteiger partial charge is 0.369 e. The van der Waals surface area contributed by atoms with Crippen LogP contribution in [-0.4, -0.2) is 18.7 Å². The van der Waals surface area contributed by atoms with Gasteiger partial charge in [-0.1, -0.05) is 28.1 Å². The Morgan fingerprint density at radius 3 is 3.27 bits per heavy atom. The monoisotopic (exact) mass is 267 g/mol. The molecule has 2 nitrogen and oxygen atoms in total. The van der Waals surface area contributed by atoms with Gasteiger partial charge in [-0.25, -0.2) is 0 Å². The van der Waals surface area contributed by atoms with Crippen LogP contribution in [0.4, 0.5) is 0 Å². The lowest BCUT2D eigenvalue weighted by Gasteiger charge is -2.37. The molecule has 3 rings (SSSR count). The summed E-state index contributed by atoms with van der Waals surface area (Å²) in [5.74, 6) is 0.499. The molecule has 0 amide bonds. The van der Waals surface area contributed by atoms with Crippen LogP contribution < -0.4 is 5.32 Å². The van der Waals surface area contributed by atoms with E-state index in [9.17, 15) is 0 Å². The van der Waals surface area contributed by atoms with Crippen molar-refractivity contribution in [1.29, 1.82) is 0 Å². The third kappa shape index (κ3) is 1.37. The van der Waals surface area contributed by atoms with Gasteiger partial charge >= 0.3 is 0 Å². The third-order valence-corrected chi connectivity index (χ3v) is 4.38. The molecule has 15 heavy (non-hydrogen) atoms. The van der Waals surface area contributed by atoms with E-state index in [4.69, 9.17) is 4.74 Å². The van der Waals surface area contributed by atoms with Gasteiger partial charge in [-0.3, -0.25) is 0 Å². The Morgan fingerprint density at radius 1 is 1.53 bits per heavy atom. The van der Waals surface area contributed by atoms with E-state index in [1.54, 1.807) is 0 Å². The van der Waals surface area contributed by atoms with Crippen molar-refractivity contribution in [2.75, 3.05) is 13.1 Å². The predicted molar refractivity (Wildman–Crippen MR) is 62.9 cm³/mol. The topological polar surface area (TPSA) is 21.3 Å². The van der Waals surface area contributed by atoms with Crippen molar-refractivity contribution in [3.05, 3.63) is 33.8 Å². The summed E-state index contributed by atoms with van der Waals surface area (Å²) in [4.78, 5) is 0. The molecule has 0 unspecified atom stereocenters. The third-order valence-electron chi connectivity index (χ3n) is 3.64. The minimum Gasteiger partial charge on any atom is -0.369 e. The Labute approximate surface area is 98.1 Å². The van der Waals surface area contributed by atoms with E-state index >= 15 is 0 Å². The van der Waals surface area contributed by atoms with E-state index in [2.05, 4.69) is 46.4 Å². The molecule has 0 spiro atoms. The number of halogens is 1. The fraction of sp³-hybridized carbons (Fsp3) is 0.500. The van der Waals surface area contributed by atoms with Crippen LogP contribution >= 0.6 is 15.9 Å². The van der Waals surface area contributed by atoms with Gasteiger partial charge in [-0.2, -0.15) is 0 Å². The van der Waals surface area contributed by atoms with Crippen molar-refractivity contribution in [2.24, 2.45) is 0 Å². The Morgan fingerprint density at radius 2 is 2.40 bits per heavy atom. The zero-order valence-corrected chi connectivity index (χ0v) is 10.3. The van der Waals surface area contributed by atoms with E-state index < -0.39 is 0 Å². The molecule has 0 aromatic heterocycles. The first-order valence-electron chi connectivity index (χ1n) is 5.33. The summed E-state index contributed by atoms with van der Waals surface area (Å²) in [6, 6.07) is 6.44. The van der Waals surface area contributed by atoms with Gasteiger partial charge in [0.2, 0.25) is 0 Å². The van der Waals surface area contributed by atoms with E-state index in [1.807, 2.05) is 0 Å². The fourth-order valence-electron chi connectivity index (χ4n) is 2.69. The minimum absolute atomic E-state index is 0.00616. The van der Waals surface area contributed by atoms with E-state index in [-0.39, 0.29) is 5.60 Å². The van der Waals surface area contributed by atoms with Crippen LogP contribution in [0, 0.1) is 0 Å². The van der Waals surface area contributed by atoms with Crippen LogP contribution in [-0.2, 0) is 11.3 Å². The Kier molecular flexibility index (Phi) is 2.16. The van der Waals surface area contributed by atoms with Gasteiger partial charge in [-0.15, -0.1) is 0 Å². The summed E-state index contributed by atoms with van der Waals surface area (Å²) in [7, 11) is 0. The maximum absolute atomic E-state index is 6.00. The molecule has 3 heteroatoms. The molecule has 80 valence electrons. The number of rotatable bonds is 0. The fourth-order valence-corrected chi connectivity index (χ4v) is 3.18. The zero-order chi connectivity index (χ0) is 10.5. The van der Waals surface area contributed by atoms with Crippen molar-refractivity contribution in [3.8, 4) is 0 Å². The quantitative estimate of drug-likeness (QED) is 0.780. The van der Waals surface area contributed by atoms with Gasteiger partial charge in [0.15, 0.2) is 0 Å². The van der Waals surface area contributed by atoms with Crippen LogP contribution in [0.3, 0.4) is 0 Å². The molecule has 0 bridgehead atoms. The average Bonchev–Trinajstić information content (AvgIpc) is 2.60. The van der Waals surface area contributed by atoms with Crippen LogP contribution in [0.5, 0.6) is 0 Å². The van der Waals surface area contributed by atoms with Gasteiger partial charge in [0.1, 0.15) is 0 Å². The molecule has 1 saturated heterocycles. The number of nitrogens with one attached hydrogen (secondary N) is 1. The highest BCUT2D eigenvalue weighted by atomic mass is 79.9. The lowest BCUT2D eigenvalue weighted by Crippen LogP contribution is -2.39. The predicted octanol–water partition coefficient (Wildman–Crippen LogP) is 2.42. The standard InChI is InChI=1S/C12H14BrNO/c1-12-7-14-5-10(12)8-3-2-4-11(13)9(8)6-15-12/h2-4,10,14H,5-7H2,1H3/t10-,12-/m1/s1. The molecular formula is C12H14BrNO. The van der Waals surface area contributed by atoms with Crippen molar-refractivity contribution < 1.29 is 4.74 Å². The summed E-state index contributed by atoms with van der Waals surface area (Å²) in [5, 5.41) is 3.42. The molecule has 1 aromatic carbocycles. The summed E-state index contributed by atoms with van der Waals surface area (Å²) >= 11 is 3.60. The average molecular weight is 268 g/mol. The first-order valence-corrected chi connectivity index (χ1v) is 6.12. The van der Waals surface area contributed by atoms with Gasteiger partial charge < -0.3 is 10.1 Å². The molecular weight excluding hydrogens is 254 g/mol. The van der Waals surface area contributed by atoms with E-state index in [0.29, 0.717) is 5.92 Å². The van der Waals surface area contributed by atoms with Crippen molar-refractivity contribution >= 4 is 15.9 Å². The number of ether oxygens (including phenoxy) is 1. The normalized spacial score (nSPS) is 33.6. The maximum Gasteiger partial charge on any atom is 0.0863 e. The molecule has 2 aliphatic rings. The van der Waals surface area contributed by atoms with E-state index in [1.165, 1.54) is 15.6 Å². The highest BCUT2D eigenvalue weighted by Crippen LogP contribution is 2.42. The molecule has 0 saturated carbocycles. The molecule has 1 aromatic rings. The molecule has 1 N–H and O–H groups in total. The molecule has 2 atom stereocenters. The number of hydrogen-bond acceptors (Lipinski definition) is 2. The van der Waals surface area contributed by atoms with Crippen molar-refractivity contribution in [2.45, 2.75) is 25.0 Å². The Hall–Kier alpha value is -0.380. The van der Waals surface area contributed by atoms with E-state index in [0.717, 1.165) is 19.7 Å². The second-order valence-electron chi connectivity index (χ2n) is 4.59. The first kappa shape index (κ1) is 9.82. The highest BCUT2D eigenvalue weighted by molar-refractivity contribution is 9.10. The first-order chi connectivity index (χ1) is 7.21. The second kappa shape index (κ2) is 3.30. The van der Waals surface area contributed by atoms with Gasteiger partial charge in [-0.05, 0) is 24.1 Å². The van der Waals surface area contributed by atoms with Gasteiger partial charge in [0.05, 0.1) is 12.2 Å². The Bertz CT molecular complexity index is 407. The van der Waals surface area contributed by atoms with Crippen molar-refractivity contribution in [3.63, 3.8) is 0 Å². The molecule has 0 radical (unpaired) electrons. The molecule has 2 aliphatic heterocycles. The number of hydrogen-bond donors (Lipinski definition) is 1. The smallest absolute Gasteiger partial charge is 0.0863 e. The van der Waals surface area contributed by atoms with Crippen LogP contribution in [0.15, 0.2) is 22.7 Å². The van der Waals surface area contributed by atoms with Crippen LogP contribution in [0.25, 0.3) is 0 Å². The summed E-state index contributed by atoms with van der Waals surface area (Å²) in [6.45, 7) is 4.93. The SMILES string of the molecule is C[C@@]12CNC[C@@H]1c1cccc(Br)c1CO2. The van der Waals surface area contributed by atoms with Gasteiger partial charge in [0, 0.05) is 23.5 Å².